The Balaban J connectivity index is 2.39. The van der Waals surface area contributed by atoms with Gasteiger partial charge in [-0.25, -0.2) is 4.39 Å². The second kappa shape index (κ2) is 6.53. The molecule has 0 heterocycles. The van der Waals surface area contributed by atoms with Gasteiger partial charge in [0.05, 0.1) is 23.7 Å². The van der Waals surface area contributed by atoms with Gasteiger partial charge in [0, 0.05) is 12.2 Å². The van der Waals surface area contributed by atoms with E-state index in [1.54, 1.807) is 24.3 Å². The summed E-state index contributed by atoms with van der Waals surface area (Å²) in [5.41, 5.74) is 6.19. The van der Waals surface area contributed by atoms with Gasteiger partial charge in [-0.2, -0.15) is 5.26 Å². The van der Waals surface area contributed by atoms with Crippen molar-refractivity contribution in [1.29, 1.82) is 5.26 Å². The van der Waals surface area contributed by atoms with E-state index in [0.717, 1.165) is 0 Å². The minimum atomic E-state index is -0.630. The lowest BCUT2D eigenvalue weighted by Gasteiger charge is -2.22. The topological polar surface area (TPSA) is 70.1 Å². The molecule has 0 aliphatic heterocycles. The third-order valence-electron chi connectivity index (χ3n) is 3.04. The molecule has 106 valence electrons. The normalized spacial score (nSPS) is 9.90. The number of carbonyl (C=O) groups is 1. The molecule has 0 aliphatic carbocycles. The zero-order valence-corrected chi connectivity index (χ0v) is 11.3. The Kier molecular flexibility index (Phi) is 4.52. The minimum absolute atomic E-state index is 0.0943. The quantitative estimate of drug-likeness (QED) is 0.877. The van der Waals surface area contributed by atoms with Gasteiger partial charge in [-0.3, -0.25) is 4.79 Å². The second-order valence-corrected chi connectivity index (χ2v) is 4.40. The first-order chi connectivity index (χ1) is 10.1. The van der Waals surface area contributed by atoms with E-state index in [4.69, 9.17) is 11.0 Å². The number of nitrogens with two attached hydrogens (primary N) is 1. The summed E-state index contributed by atoms with van der Waals surface area (Å²) in [5, 5.41) is 8.74. The Hall–Kier alpha value is -2.87. The molecule has 1 amide bonds. The van der Waals surface area contributed by atoms with Gasteiger partial charge in [-0.05, 0) is 24.3 Å². The zero-order chi connectivity index (χ0) is 15.2. The van der Waals surface area contributed by atoms with E-state index in [-0.39, 0.29) is 24.2 Å². The molecule has 0 spiro atoms. The molecular weight excluding hydrogens is 269 g/mol. The number of benzene rings is 2. The van der Waals surface area contributed by atoms with Crippen LogP contribution in [0.1, 0.15) is 16.8 Å². The molecular formula is C16H14FN3O. The van der Waals surface area contributed by atoms with Crippen LogP contribution in [0.15, 0.2) is 48.5 Å². The molecule has 0 aromatic heterocycles. The van der Waals surface area contributed by atoms with Crippen LogP contribution in [0.3, 0.4) is 0 Å². The van der Waals surface area contributed by atoms with Gasteiger partial charge in [0.1, 0.15) is 5.82 Å². The molecule has 0 atom stereocenters. The maximum atomic E-state index is 13.5. The first-order valence-corrected chi connectivity index (χ1v) is 6.43. The molecule has 5 heteroatoms. The van der Waals surface area contributed by atoms with E-state index < -0.39 is 11.7 Å². The van der Waals surface area contributed by atoms with Crippen LogP contribution in [0, 0.1) is 17.1 Å². The number of halogens is 1. The van der Waals surface area contributed by atoms with Gasteiger partial charge < -0.3 is 10.6 Å². The van der Waals surface area contributed by atoms with Crippen molar-refractivity contribution >= 4 is 17.3 Å². The molecule has 0 saturated heterocycles. The monoisotopic (exact) mass is 283 g/mol. The Morgan fingerprint density at radius 1 is 1.19 bits per heavy atom. The average Bonchev–Trinajstić information content (AvgIpc) is 2.51. The third-order valence-corrected chi connectivity index (χ3v) is 3.04. The maximum Gasteiger partial charge on any atom is 0.260 e. The van der Waals surface area contributed by atoms with Crippen LogP contribution in [0.25, 0.3) is 0 Å². The van der Waals surface area contributed by atoms with E-state index in [0.29, 0.717) is 5.69 Å². The highest BCUT2D eigenvalue weighted by Gasteiger charge is 2.20. The molecule has 21 heavy (non-hydrogen) atoms. The highest BCUT2D eigenvalue weighted by molar-refractivity contribution is 6.09. The van der Waals surface area contributed by atoms with E-state index in [9.17, 15) is 9.18 Å². The summed E-state index contributed by atoms with van der Waals surface area (Å²) >= 11 is 0. The van der Waals surface area contributed by atoms with Crippen molar-refractivity contribution in [2.75, 3.05) is 17.2 Å². The van der Waals surface area contributed by atoms with Gasteiger partial charge in [0.15, 0.2) is 0 Å². The molecule has 2 aromatic carbocycles. The zero-order valence-electron chi connectivity index (χ0n) is 11.3. The van der Waals surface area contributed by atoms with E-state index >= 15 is 0 Å². The number of carbonyl (C=O) groups excluding carboxylic acids is 1. The molecule has 0 radical (unpaired) electrons. The fraction of sp³-hybridized carbons (Fsp3) is 0.125. The largest absolute Gasteiger partial charge is 0.396 e. The van der Waals surface area contributed by atoms with Crippen LogP contribution in [0.4, 0.5) is 15.8 Å². The summed E-state index contributed by atoms with van der Waals surface area (Å²) in [6, 6.07) is 15.0. The number of anilines is 2. The maximum absolute atomic E-state index is 13.5. The van der Waals surface area contributed by atoms with Crippen LogP contribution in [0.5, 0.6) is 0 Å². The lowest BCUT2D eigenvalue weighted by molar-refractivity contribution is 0.0988. The van der Waals surface area contributed by atoms with Crippen molar-refractivity contribution < 1.29 is 9.18 Å². The van der Waals surface area contributed by atoms with Crippen LogP contribution >= 0.6 is 0 Å². The number of para-hydroxylation sites is 2. The number of hydrogen-bond acceptors (Lipinski definition) is 3. The van der Waals surface area contributed by atoms with Crippen molar-refractivity contribution in [1.82, 2.24) is 0 Å². The summed E-state index contributed by atoms with van der Waals surface area (Å²) in [6.45, 7) is 0.218. The van der Waals surface area contributed by atoms with Crippen molar-refractivity contribution in [3.8, 4) is 6.07 Å². The molecule has 0 unspecified atom stereocenters. The highest BCUT2D eigenvalue weighted by Crippen LogP contribution is 2.22. The SMILES string of the molecule is N#CCCN(C(=O)c1cccc(F)c1N)c1ccccc1. The molecule has 2 aromatic rings. The van der Waals surface area contributed by atoms with Crippen molar-refractivity contribution in [2.45, 2.75) is 6.42 Å². The summed E-state index contributed by atoms with van der Waals surface area (Å²) in [5.74, 6) is -1.05. The number of amides is 1. The predicted molar refractivity (Wildman–Crippen MR) is 79.2 cm³/mol. The van der Waals surface area contributed by atoms with Gasteiger partial charge in [-0.1, -0.05) is 24.3 Å². The second-order valence-electron chi connectivity index (χ2n) is 4.40. The number of rotatable bonds is 4. The Morgan fingerprint density at radius 2 is 1.90 bits per heavy atom. The molecule has 2 rings (SSSR count). The standard InChI is InChI=1S/C16H14FN3O/c17-14-9-4-8-13(15(14)19)16(21)20(11-5-10-18)12-6-2-1-3-7-12/h1-4,6-9H,5,11,19H2. The van der Waals surface area contributed by atoms with Gasteiger partial charge in [0.25, 0.3) is 5.91 Å². The molecule has 0 bridgehead atoms. The summed E-state index contributed by atoms with van der Waals surface area (Å²) in [4.78, 5) is 14.0. The van der Waals surface area contributed by atoms with E-state index in [1.165, 1.54) is 23.1 Å². The molecule has 4 nitrogen and oxygen atoms in total. The minimum Gasteiger partial charge on any atom is -0.396 e. The Labute approximate surface area is 122 Å². The third kappa shape index (κ3) is 3.18. The number of hydrogen-bond donors (Lipinski definition) is 1. The lowest BCUT2D eigenvalue weighted by atomic mass is 10.1. The van der Waals surface area contributed by atoms with Gasteiger partial charge in [0.2, 0.25) is 0 Å². The lowest BCUT2D eigenvalue weighted by Crippen LogP contribution is -2.32. The summed E-state index contributed by atoms with van der Waals surface area (Å²) < 4.78 is 13.5. The molecule has 0 fully saturated rings. The first-order valence-electron chi connectivity index (χ1n) is 6.43. The Morgan fingerprint density at radius 3 is 2.57 bits per heavy atom. The molecule has 0 aliphatic rings. The molecule has 2 N–H and O–H groups in total. The van der Waals surface area contributed by atoms with Crippen LogP contribution in [-0.4, -0.2) is 12.5 Å². The van der Waals surface area contributed by atoms with Gasteiger partial charge >= 0.3 is 0 Å². The Bertz CT molecular complexity index is 680. The fourth-order valence-electron chi connectivity index (χ4n) is 1.99. The van der Waals surface area contributed by atoms with Crippen molar-refractivity contribution in [3.05, 3.63) is 59.9 Å². The first kappa shape index (κ1) is 14.5. The summed E-state index contributed by atoms with van der Waals surface area (Å²) in [7, 11) is 0. The average molecular weight is 283 g/mol. The molecule has 0 saturated carbocycles. The number of nitriles is 1. The highest BCUT2D eigenvalue weighted by atomic mass is 19.1. The van der Waals surface area contributed by atoms with E-state index in [2.05, 4.69) is 0 Å². The predicted octanol–water partition coefficient (Wildman–Crippen LogP) is 2.97. The van der Waals surface area contributed by atoms with Gasteiger partial charge in [-0.15, -0.1) is 0 Å². The van der Waals surface area contributed by atoms with E-state index in [1.807, 2.05) is 12.1 Å². The van der Waals surface area contributed by atoms with Crippen molar-refractivity contribution in [2.24, 2.45) is 0 Å². The van der Waals surface area contributed by atoms with Crippen LogP contribution in [-0.2, 0) is 0 Å². The number of nitrogen functional groups attached to an aromatic ring is 1. The van der Waals surface area contributed by atoms with Crippen LogP contribution < -0.4 is 10.6 Å². The number of nitrogens with zero attached hydrogens (tertiary/aromatic N) is 2. The smallest absolute Gasteiger partial charge is 0.260 e. The fourth-order valence-corrected chi connectivity index (χ4v) is 1.99. The summed E-state index contributed by atoms with van der Waals surface area (Å²) in [6.07, 6.45) is 0.176. The van der Waals surface area contributed by atoms with Crippen molar-refractivity contribution in [3.63, 3.8) is 0 Å². The van der Waals surface area contributed by atoms with Crippen LogP contribution in [0.2, 0.25) is 0 Å².